The minimum atomic E-state index is -0.502. The first-order valence-electron chi connectivity index (χ1n) is 12.1. The van der Waals surface area contributed by atoms with Crippen LogP contribution in [0.5, 0.6) is 0 Å². The van der Waals surface area contributed by atoms with Crippen LogP contribution < -0.4 is 0 Å². The highest BCUT2D eigenvalue weighted by molar-refractivity contribution is 9.58. The Morgan fingerprint density at radius 3 is 0.885 bits per heavy atom. The van der Waals surface area contributed by atoms with Crippen molar-refractivity contribution >= 4 is 23.3 Å². The molecule has 0 saturated carbocycles. The number of hydrogen-bond donors (Lipinski definition) is 0. The first kappa shape index (κ1) is 26.8. The van der Waals surface area contributed by atoms with Crippen molar-refractivity contribution in [2.45, 2.75) is 136 Å². The summed E-state index contributed by atoms with van der Waals surface area (Å²) in [7, 11) is -0.502. The van der Waals surface area contributed by atoms with E-state index in [1.54, 1.807) is 0 Å². The molecule has 0 bridgehead atoms. The van der Waals surface area contributed by atoms with Crippen LogP contribution in [-0.2, 0) is 0 Å². The third-order valence-corrected chi connectivity index (χ3v) is 11.6. The average Bonchev–Trinajstić information content (AvgIpc) is 2.64. The molecule has 0 amide bonds. The normalized spacial score (nSPS) is 12.6. The highest BCUT2D eigenvalue weighted by Crippen LogP contribution is 2.57. The van der Waals surface area contributed by atoms with Crippen LogP contribution in [0.15, 0.2) is 0 Å². The highest BCUT2D eigenvalue weighted by Gasteiger charge is 2.19. The average molecular weight is 452 g/mol. The van der Waals surface area contributed by atoms with Crippen LogP contribution in [0.1, 0.15) is 136 Å². The molecular formula is C24H51BrS. The van der Waals surface area contributed by atoms with E-state index in [0.29, 0.717) is 0 Å². The Labute approximate surface area is 176 Å². The van der Waals surface area contributed by atoms with Gasteiger partial charge in [0.2, 0.25) is 0 Å². The molecule has 0 aliphatic carbocycles. The van der Waals surface area contributed by atoms with Crippen molar-refractivity contribution < 1.29 is 0 Å². The summed E-state index contributed by atoms with van der Waals surface area (Å²) in [6.45, 7) is 6.94. The first-order chi connectivity index (χ1) is 12.7. The largest absolute Gasteiger partial charge is 0.183 e. The molecule has 26 heavy (non-hydrogen) atoms. The lowest BCUT2D eigenvalue weighted by Gasteiger charge is -2.34. The van der Waals surface area contributed by atoms with Crippen LogP contribution in [0, 0.1) is 0 Å². The molecule has 0 rings (SSSR count). The van der Waals surface area contributed by atoms with Gasteiger partial charge in [0.15, 0.2) is 0 Å². The fourth-order valence-corrected chi connectivity index (χ4v) is 8.57. The Kier molecular flexibility index (Phi) is 21.2. The Balaban J connectivity index is 3.97. The molecule has 0 aliphatic rings. The molecule has 2 heteroatoms. The smallest absolute Gasteiger partial charge is 0.0136 e. The van der Waals surface area contributed by atoms with Gasteiger partial charge in [0.05, 0.1) is 0 Å². The first-order valence-corrected chi connectivity index (χ1v) is 16.1. The fraction of sp³-hybridized carbons (Fsp3) is 1.00. The van der Waals surface area contributed by atoms with Crippen molar-refractivity contribution in [1.82, 2.24) is 0 Å². The molecule has 0 aromatic rings. The lowest BCUT2D eigenvalue weighted by atomic mass is 10.1. The highest BCUT2D eigenvalue weighted by atomic mass is 79.9. The summed E-state index contributed by atoms with van der Waals surface area (Å²) in [5, 5.41) is 0. The zero-order valence-electron chi connectivity index (χ0n) is 18.6. The molecule has 0 fully saturated rings. The Bertz CT molecular complexity index is 253. The molecule has 0 nitrogen and oxygen atoms in total. The van der Waals surface area contributed by atoms with Gasteiger partial charge >= 0.3 is 0 Å². The second-order valence-corrected chi connectivity index (χ2v) is 15.6. The Hall–Kier alpha value is 0.830. The predicted molar refractivity (Wildman–Crippen MR) is 131 cm³/mol. The van der Waals surface area contributed by atoms with Crippen LogP contribution in [0.2, 0.25) is 0 Å². The molecule has 0 aromatic carbocycles. The van der Waals surface area contributed by atoms with Crippen molar-refractivity contribution in [2.24, 2.45) is 0 Å². The van der Waals surface area contributed by atoms with E-state index in [9.17, 15) is 0 Å². The van der Waals surface area contributed by atoms with Crippen LogP contribution in [-0.4, -0.2) is 17.3 Å². The van der Waals surface area contributed by atoms with Gasteiger partial charge < -0.3 is 0 Å². The summed E-state index contributed by atoms with van der Waals surface area (Å²) in [6.07, 6.45) is 25.9. The third-order valence-electron chi connectivity index (χ3n) is 5.59. The van der Waals surface area contributed by atoms with E-state index in [-0.39, 0.29) is 0 Å². The van der Waals surface area contributed by atoms with Crippen molar-refractivity contribution in [3.8, 4) is 0 Å². The lowest BCUT2D eigenvalue weighted by molar-refractivity contribution is 0.586. The molecule has 0 aliphatic heterocycles. The second kappa shape index (κ2) is 20.6. The van der Waals surface area contributed by atoms with E-state index < -0.39 is 8.46 Å². The van der Waals surface area contributed by atoms with E-state index in [0.717, 1.165) is 0 Å². The number of hydrogen-bond acceptors (Lipinski definition) is 0. The second-order valence-electron chi connectivity index (χ2n) is 8.36. The van der Waals surface area contributed by atoms with E-state index in [1.165, 1.54) is 133 Å². The summed E-state index contributed by atoms with van der Waals surface area (Å²) >= 11 is 4.31. The summed E-state index contributed by atoms with van der Waals surface area (Å²) in [4.78, 5) is 0. The van der Waals surface area contributed by atoms with E-state index in [2.05, 4.69) is 35.6 Å². The molecule has 0 atom stereocenters. The Morgan fingerprint density at radius 2 is 0.615 bits per heavy atom. The van der Waals surface area contributed by atoms with Gasteiger partial charge in [-0.2, -0.15) is 8.46 Å². The maximum atomic E-state index is 4.31. The van der Waals surface area contributed by atoms with Gasteiger partial charge in [-0.1, -0.05) is 117 Å². The maximum Gasteiger partial charge on any atom is -0.0136 e. The van der Waals surface area contributed by atoms with E-state index >= 15 is 0 Å². The maximum absolute atomic E-state index is 4.31. The zero-order chi connectivity index (χ0) is 19.3. The zero-order valence-corrected chi connectivity index (χ0v) is 21.0. The molecule has 160 valence electrons. The molecule has 0 aromatic heterocycles. The quantitative estimate of drug-likeness (QED) is 0.152. The van der Waals surface area contributed by atoms with Crippen LogP contribution >= 0.6 is 23.3 Å². The molecule has 0 saturated heterocycles. The summed E-state index contributed by atoms with van der Waals surface area (Å²) < 4.78 is 0. The number of halogens is 1. The fourth-order valence-electron chi connectivity index (χ4n) is 3.73. The SMILES string of the molecule is CCCCCCCCCCS(Br)(CCCCCCC)CCCCCCC. The molecule has 0 unspecified atom stereocenters. The van der Waals surface area contributed by atoms with Gasteiger partial charge in [-0.15, -0.1) is 0 Å². The minimum Gasteiger partial charge on any atom is -0.183 e. The van der Waals surface area contributed by atoms with Crippen molar-refractivity contribution in [1.29, 1.82) is 0 Å². The minimum absolute atomic E-state index is 0.502. The molecule has 0 N–H and O–H groups in total. The standard InChI is InChI=1S/C24H51BrS/c1-4-7-10-13-14-15-18-21-24-26(25,22-19-16-11-8-5-2)23-20-17-12-9-6-3/h4-24H2,1-3H3. The van der Waals surface area contributed by atoms with Gasteiger partial charge in [0.1, 0.15) is 0 Å². The summed E-state index contributed by atoms with van der Waals surface area (Å²) in [5.74, 6) is 4.46. The number of rotatable bonds is 21. The molecule has 0 heterocycles. The van der Waals surface area contributed by atoms with Crippen LogP contribution in [0.25, 0.3) is 0 Å². The van der Waals surface area contributed by atoms with Gasteiger partial charge in [0, 0.05) is 0 Å². The summed E-state index contributed by atoms with van der Waals surface area (Å²) in [5.41, 5.74) is 0. The van der Waals surface area contributed by atoms with Gasteiger partial charge in [-0.05, 0) is 51.3 Å². The van der Waals surface area contributed by atoms with E-state index in [4.69, 9.17) is 0 Å². The van der Waals surface area contributed by atoms with Crippen LogP contribution in [0.3, 0.4) is 0 Å². The van der Waals surface area contributed by atoms with Gasteiger partial charge in [-0.25, -0.2) is 0 Å². The monoisotopic (exact) mass is 450 g/mol. The van der Waals surface area contributed by atoms with Crippen LogP contribution in [0.4, 0.5) is 0 Å². The summed E-state index contributed by atoms with van der Waals surface area (Å²) in [6, 6.07) is 0. The topological polar surface area (TPSA) is 0 Å². The van der Waals surface area contributed by atoms with Gasteiger partial charge in [0.25, 0.3) is 0 Å². The molecule has 0 radical (unpaired) electrons. The Morgan fingerprint density at radius 1 is 0.385 bits per heavy atom. The van der Waals surface area contributed by atoms with Gasteiger partial charge in [-0.3, -0.25) is 0 Å². The van der Waals surface area contributed by atoms with Crippen molar-refractivity contribution in [3.63, 3.8) is 0 Å². The number of unbranched alkanes of at least 4 members (excludes halogenated alkanes) is 15. The predicted octanol–water partition coefficient (Wildman–Crippen LogP) is 10.2. The third kappa shape index (κ3) is 18.2. The molecule has 0 spiro atoms. The van der Waals surface area contributed by atoms with Crippen molar-refractivity contribution in [3.05, 3.63) is 0 Å². The molecular weight excluding hydrogens is 400 g/mol. The van der Waals surface area contributed by atoms with E-state index in [1.807, 2.05) is 0 Å². The lowest BCUT2D eigenvalue weighted by Crippen LogP contribution is -2.08. The van der Waals surface area contributed by atoms with Crippen molar-refractivity contribution in [2.75, 3.05) is 17.3 Å².